The first-order valence-corrected chi connectivity index (χ1v) is 6.54. The second-order valence-corrected chi connectivity index (χ2v) is 4.66. The van der Waals surface area contributed by atoms with Crippen molar-refractivity contribution in [1.29, 1.82) is 0 Å². The summed E-state index contributed by atoms with van der Waals surface area (Å²) >= 11 is 0. The average molecular weight is 280 g/mol. The van der Waals surface area contributed by atoms with Gasteiger partial charge in [-0.05, 0) is 43.2 Å². The Labute approximate surface area is 123 Å². The lowest BCUT2D eigenvalue weighted by molar-refractivity contribution is 0.102. The van der Waals surface area contributed by atoms with Crippen LogP contribution in [0.25, 0.3) is 0 Å². The van der Waals surface area contributed by atoms with Gasteiger partial charge in [-0.1, -0.05) is 24.0 Å². The van der Waals surface area contributed by atoms with Gasteiger partial charge in [-0.15, -0.1) is 0 Å². The van der Waals surface area contributed by atoms with Gasteiger partial charge in [-0.3, -0.25) is 4.79 Å². The quantitative estimate of drug-likeness (QED) is 0.830. The minimum absolute atomic E-state index is 0.200. The summed E-state index contributed by atoms with van der Waals surface area (Å²) in [6.45, 7) is 3.72. The predicted molar refractivity (Wildman–Crippen MR) is 82.1 cm³/mol. The van der Waals surface area contributed by atoms with Crippen LogP contribution in [0.4, 0.5) is 5.69 Å². The maximum absolute atomic E-state index is 12.2. The monoisotopic (exact) mass is 280 g/mol. The van der Waals surface area contributed by atoms with Gasteiger partial charge in [0, 0.05) is 17.4 Å². The first-order chi connectivity index (χ1) is 10.1. The van der Waals surface area contributed by atoms with Gasteiger partial charge in [0.05, 0.1) is 0 Å². The molecule has 4 nitrogen and oxygen atoms in total. The van der Waals surface area contributed by atoms with Crippen molar-refractivity contribution in [1.82, 2.24) is 4.98 Å². The SMILES string of the molecule is Cc1ccc(C)c(NC(=O)c2ccc(C#CCO)cn2)c1. The zero-order valence-corrected chi connectivity index (χ0v) is 12.0. The molecule has 2 aromatic rings. The first kappa shape index (κ1) is 14.8. The van der Waals surface area contributed by atoms with E-state index in [2.05, 4.69) is 22.1 Å². The lowest BCUT2D eigenvalue weighted by Gasteiger charge is -2.09. The number of carbonyl (C=O) groups is 1. The van der Waals surface area contributed by atoms with Crippen molar-refractivity contribution in [2.75, 3.05) is 11.9 Å². The van der Waals surface area contributed by atoms with E-state index in [-0.39, 0.29) is 12.5 Å². The molecule has 0 aliphatic heterocycles. The molecule has 0 spiro atoms. The molecule has 2 N–H and O–H groups in total. The van der Waals surface area contributed by atoms with Gasteiger partial charge in [-0.25, -0.2) is 4.98 Å². The number of hydrogen-bond acceptors (Lipinski definition) is 3. The van der Waals surface area contributed by atoms with Crippen LogP contribution in [0.3, 0.4) is 0 Å². The lowest BCUT2D eigenvalue weighted by Crippen LogP contribution is -2.14. The highest BCUT2D eigenvalue weighted by molar-refractivity contribution is 6.03. The second kappa shape index (κ2) is 6.69. The van der Waals surface area contributed by atoms with Crippen molar-refractivity contribution >= 4 is 11.6 Å². The number of amides is 1. The van der Waals surface area contributed by atoms with Crippen LogP contribution in [0, 0.1) is 25.7 Å². The Morgan fingerprint density at radius 2 is 2.10 bits per heavy atom. The number of aromatic nitrogens is 1. The zero-order valence-electron chi connectivity index (χ0n) is 12.0. The van der Waals surface area contributed by atoms with E-state index in [4.69, 9.17) is 5.11 Å². The molecule has 4 heteroatoms. The number of aliphatic hydroxyl groups is 1. The highest BCUT2D eigenvalue weighted by Gasteiger charge is 2.09. The number of pyridine rings is 1. The van der Waals surface area contributed by atoms with Crippen LogP contribution in [-0.2, 0) is 0 Å². The molecule has 0 saturated heterocycles. The fraction of sp³-hybridized carbons (Fsp3) is 0.176. The molecule has 0 atom stereocenters. The number of rotatable bonds is 2. The van der Waals surface area contributed by atoms with Crippen molar-refractivity contribution in [3.63, 3.8) is 0 Å². The van der Waals surface area contributed by atoms with Crippen molar-refractivity contribution in [2.45, 2.75) is 13.8 Å². The van der Waals surface area contributed by atoms with Crippen LogP contribution in [-0.4, -0.2) is 22.6 Å². The molecule has 2 rings (SSSR count). The molecule has 0 aliphatic carbocycles. The maximum Gasteiger partial charge on any atom is 0.274 e. The molecule has 0 fully saturated rings. The van der Waals surface area contributed by atoms with Crippen LogP contribution in [0.15, 0.2) is 36.5 Å². The topological polar surface area (TPSA) is 62.2 Å². The Balaban J connectivity index is 2.15. The Morgan fingerprint density at radius 3 is 2.76 bits per heavy atom. The normalized spacial score (nSPS) is 9.67. The van der Waals surface area contributed by atoms with Gasteiger partial charge in [0.25, 0.3) is 5.91 Å². The molecular formula is C17H16N2O2. The van der Waals surface area contributed by atoms with E-state index in [0.29, 0.717) is 11.3 Å². The van der Waals surface area contributed by atoms with Crippen LogP contribution in [0.5, 0.6) is 0 Å². The number of benzene rings is 1. The smallest absolute Gasteiger partial charge is 0.274 e. The van der Waals surface area contributed by atoms with E-state index in [1.165, 1.54) is 6.20 Å². The molecular weight excluding hydrogens is 264 g/mol. The van der Waals surface area contributed by atoms with Crippen LogP contribution in [0.2, 0.25) is 0 Å². The summed E-state index contributed by atoms with van der Waals surface area (Å²) < 4.78 is 0. The summed E-state index contributed by atoms with van der Waals surface area (Å²) in [5.74, 6) is 5.01. The average Bonchev–Trinajstić information content (AvgIpc) is 2.49. The number of hydrogen-bond donors (Lipinski definition) is 2. The third kappa shape index (κ3) is 3.91. The van der Waals surface area contributed by atoms with Gasteiger partial charge in [0.1, 0.15) is 12.3 Å². The molecule has 0 unspecified atom stereocenters. The molecule has 0 radical (unpaired) electrons. The summed E-state index contributed by atoms with van der Waals surface area (Å²) in [7, 11) is 0. The van der Waals surface area contributed by atoms with Crippen LogP contribution >= 0.6 is 0 Å². The van der Waals surface area contributed by atoms with Gasteiger partial charge in [0.2, 0.25) is 0 Å². The van der Waals surface area contributed by atoms with Crippen molar-refractivity contribution in [3.05, 3.63) is 58.9 Å². The second-order valence-electron chi connectivity index (χ2n) is 4.66. The van der Waals surface area contributed by atoms with Crippen molar-refractivity contribution < 1.29 is 9.90 Å². The summed E-state index contributed by atoms with van der Waals surface area (Å²) in [5, 5.41) is 11.5. The fourth-order valence-corrected chi connectivity index (χ4v) is 1.80. The van der Waals surface area contributed by atoms with Crippen molar-refractivity contribution in [2.24, 2.45) is 0 Å². The molecule has 0 saturated carbocycles. The highest BCUT2D eigenvalue weighted by Crippen LogP contribution is 2.17. The van der Waals surface area contributed by atoms with Crippen LogP contribution in [0.1, 0.15) is 27.2 Å². The van der Waals surface area contributed by atoms with Gasteiger partial charge < -0.3 is 10.4 Å². The molecule has 1 aromatic heterocycles. The third-order valence-electron chi connectivity index (χ3n) is 2.95. The standard InChI is InChI=1S/C17H16N2O2/c1-12-5-6-13(2)16(10-12)19-17(21)15-8-7-14(11-18-15)4-3-9-20/h5-8,10-11,20H,9H2,1-2H3,(H,19,21). The van der Waals surface area contributed by atoms with Gasteiger partial charge >= 0.3 is 0 Å². The number of carbonyl (C=O) groups excluding carboxylic acids is 1. The largest absolute Gasteiger partial charge is 0.384 e. The number of nitrogens with one attached hydrogen (secondary N) is 1. The first-order valence-electron chi connectivity index (χ1n) is 6.54. The summed E-state index contributed by atoms with van der Waals surface area (Å²) in [5.41, 5.74) is 3.85. The molecule has 1 amide bonds. The molecule has 21 heavy (non-hydrogen) atoms. The zero-order chi connectivity index (χ0) is 15.2. The summed E-state index contributed by atoms with van der Waals surface area (Å²) in [6, 6.07) is 9.20. The predicted octanol–water partition coefficient (Wildman–Crippen LogP) is 2.29. The lowest BCUT2D eigenvalue weighted by atomic mass is 10.1. The minimum atomic E-state index is -0.259. The molecule has 106 valence electrons. The van der Waals surface area contributed by atoms with E-state index >= 15 is 0 Å². The van der Waals surface area contributed by atoms with Crippen LogP contribution < -0.4 is 5.32 Å². The Kier molecular flexibility index (Phi) is 4.70. The third-order valence-corrected chi connectivity index (χ3v) is 2.95. The van der Waals surface area contributed by atoms with E-state index < -0.39 is 0 Å². The molecule has 1 heterocycles. The van der Waals surface area contributed by atoms with E-state index in [0.717, 1.165) is 16.8 Å². The summed E-state index contributed by atoms with van der Waals surface area (Å²) in [6.07, 6.45) is 1.51. The number of aryl methyl sites for hydroxylation is 2. The number of aliphatic hydroxyl groups excluding tert-OH is 1. The molecule has 1 aromatic carbocycles. The Morgan fingerprint density at radius 1 is 1.29 bits per heavy atom. The summed E-state index contributed by atoms with van der Waals surface area (Å²) in [4.78, 5) is 16.2. The fourth-order valence-electron chi connectivity index (χ4n) is 1.80. The van der Waals surface area contributed by atoms with E-state index in [1.807, 2.05) is 32.0 Å². The van der Waals surface area contributed by atoms with Crippen molar-refractivity contribution in [3.8, 4) is 11.8 Å². The Hall–Kier alpha value is -2.64. The van der Waals surface area contributed by atoms with Gasteiger partial charge in [-0.2, -0.15) is 0 Å². The molecule has 0 bridgehead atoms. The molecule has 0 aliphatic rings. The van der Waals surface area contributed by atoms with E-state index in [1.54, 1.807) is 12.1 Å². The van der Waals surface area contributed by atoms with E-state index in [9.17, 15) is 4.79 Å². The maximum atomic E-state index is 12.2. The minimum Gasteiger partial charge on any atom is -0.384 e. The highest BCUT2D eigenvalue weighted by atomic mass is 16.2. The number of nitrogens with zero attached hydrogens (tertiary/aromatic N) is 1. The Bertz CT molecular complexity index is 710. The van der Waals surface area contributed by atoms with Gasteiger partial charge in [0.15, 0.2) is 0 Å². The number of anilines is 1.